The van der Waals surface area contributed by atoms with Gasteiger partial charge in [0.1, 0.15) is 11.3 Å². The average molecular weight is 382 g/mol. The first-order valence-electron chi connectivity index (χ1n) is 9.41. The van der Waals surface area contributed by atoms with Crippen molar-refractivity contribution in [3.05, 3.63) is 65.0 Å². The Labute approximate surface area is 162 Å². The van der Waals surface area contributed by atoms with Gasteiger partial charge in [0.15, 0.2) is 0 Å². The van der Waals surface area contributed by atoms with Crippen molar-refractivity contribution in [2.45, 2.75) is 19.4 Å². The van der Waals surface area contributed by atoms with E-state index >= 15 is 0 Å². The summed E-state index contributed by atoms with van der Waals surface area (Å²) in [7, 11) is 1.97. The number of carbonyl (C=O) groups excluding carboxylic acids is 1. The molecule has 0 N–H and O–H groups in total. The Bertz CT molecular complexity index is 1130. The number of likely N-dealkylation sites (N-methyl/N-ethyl adjacent to an activating group) is 1. The number of amides is 1. The highest BCUT2D eigenvalue weighted by molar-refractivity contribution is 5.79. The van der Waals surface area contributed by atoms with Crippen LogP contribution in [0.4, 0.5) is 4.39 Å². The highest BCUT2D eigenvalue weighted by Gasteiger charge is 2.21. The molecule has 146 valence electrons. The zero-order chi connectivity index (χ0) is 19.8. The Morgan fingerprint density at radius 3 is 2.79 bits per heavy atom. The molecule has 0 bridgehead atoms. The minimum Gasteiger partial charge on any atom is -0.375 e. The minimum atomic E-state index is -0.390. The number of aromatic nitrogens is 2. The SMILES string of the molecule is C=C1CN(C(=O)CCCn2c(=O)c3cccn3c3ccc(F)cc32)CCN1C. The molecule has 3 aromatic rings. The van der Waals surface area contributed by atoms with E-state index in [1.54, 1.807) is 38.3 Å². The summed E-state index contributed by atoms with van der Waals surface area (Å²) in [4.78, 5) is 29.3. The number of benzene rings is 1. The van der Waals surface area contributed by atoms with Gasteiger partial charge in [-0.1, -0.05) is 6.58 Å². The molecule has 0 spiro atoms. The standard InChI is InChI=1S/C21H23FN4O2/c1-15-14-24(12-11-23(15)2)20(27)6-4-10-26-19-13-16(22)7-8-17(19)25-9-3-5-18(25)21(26)28/h3,5,7-9,13H,1,4,6,10-12,14H2,2H3. The predicted octanol–water partition coefficient (Wildman–Crippen LogP) is 2.46. The van der Waals surface area contributed by atoms with Crippen molar-refractivity contribution >= 4 is 22.5 Å². The van der Waals surface area contributed by atoms with E-state index in [9.17, 15) is 14.0 Å². The quantitative estimate of drug-likeness (QED) is 0.697. The van der Waals surface area contributed by atoms with Crippen LogP contribution in [0.15, 0.2) is 53.6 Å². The zero-order valence-electron chi connectivity index (χ0n) is 15.9. The Balaban J connectivity index is 1.55. The number of fused-ring (bicyclic) bond motifs is 3. The smallest absolute Gasteiger partial charge is 0.275 e. The van der Waals surface area contributed by atoms with Gasteiger partial charge in [-0.05, 0) is 36.8 Å². The molecule has 1 aromatic carbocycles. The molecule has 0 atom stereocenters. The highest BCUT2D eigenvalue weighted by Crippen LogP contribution is 2.18. The lowest BCUT2D eigenvalue weighted by Gasteiger charge is -2.35. The molecule has 0 saturated carbocycles. The average Bonchev–Trinajstić information content (AvgIpc) is 3.16. The van der Waals surface area contributed by atoms with Crippen LogP contribution in [-0.4, -0.2) is 51.4 Å². The van der Waals surface area contributed by atoms with Crippen LogP contribution < -0.4 is 5.56 Å². The zero-order valence-corrected chi connectivity index (χ0v) is 15.9. The number of aryl methyl sites for hydroxylation is 1. The number of hydrogen-bond acceptors (Lipinski definition) is 3. The first-order valence-corrected chi connectivity index (χ1v) is 9.41. The fourth-order valence-electron chi connectivity index (χ4n) is 3.76. The lowest BCUT2D eigenvalue weighted by molar-refractivity contribution is -0.132. The van der Waals surface area contributed by atoms with E-state index in [0.717, 1.165) is 17.8 Å². The molecule has 1 saturated heterocycles. The van der Waals surface area contributed by atoms with E-state index in [4.69, 9.17) is 0 Å². The van der Waals surface area contributed by atoms with Crippen LogP contribution >= 0.6 is 0 Å². The maximum absolute atomic E-state index is 13.8. The lowest BCUT2D eigenvalue weighted by atomic mass is 10.2. The van der Waals surface area contributed by atoms with Crippen molar-refractivity contribution in [1.29, 1.82) is 0 Å². The van der Waals surface area contributed by atoms with E-state index in [-0.39, 0.29) is 17.3 Å². The second-order valence-electron chi connectivity index (χ2n) is 7.26. The van der Waals surface area contributed by atoms with Crippen LogP contribution in [0.5, 0.6) is 0 Å². The van der Waals surface area contributed by atoms with Gasteiger partial charge in [-0.3, -0.25) is 9.59 Å². The van der Waals surface area contributed by atoms with Crippen molar-refractivity contribution in [3.63, 3.8) is 0 Å². The van der Waals surface area contributed by atoms with Gasteiger partial charge in [0.05, 0.1) is 17.6 Å². The third kappa shape index (κ3) is 3.17. The van der Waals surface area contributed by atoms with E-state index in [0.29, 0.717) is 43.5 Å². The summed E-state index contributed by atoms with van der Waals surface area (Å²) in [6.45, 7) is 6.34. The van der Waals surface area contributed by atoms with E-state index < -0.39 is 0 Å². The van der Waals surface area contributed by atoms with Crippen LogP contribution in [0.25, 0.3) is 16.6 Å². The van der Waals surface area contributed by atoms with Crippen molar-refractivity contribution in [2.75, 3.05) is 26.7 Å². The van der Waals surface area contributed by atoms with Crippen LogP contribution in [-0.2, 0) is 11.3 Å². The summed E-state index contributed by atoms with van der Waals surface area (Å²) in [5.41, 5.74) is 2.59. The Morgan fingerprint density at radius 1 is 1.18 bits per heavy atom. The number of rotatable bonds is 4. The van der Waals surface area contributed by atoms with Gasteiger partial charge in [0.2, 0.25) is 5.91 Å². The second kappa shape index (κ2) is 7.14. The third-order valence-corrected chi connectivity index (χ3v) is 5.44. The normalized spacial score (nSPS) is 15.0. The van der Waals surface area contributed by atoms with Gasteiger partial charge in [-0.2, -0.15) is 0 Å². The topological polar surface area (TPSA) is 50.0 Å². The maximum atomic E-state index is 13.8. The minimum absolute atomic E-state index is 0.0570. The Kier molecular flexibility index (Phi) is 4.66. The van der Waals surface area contributed by atoms with E-state index in [1.807, 2.05) is 7.05 Å². The van der Waals surface area contributed by atoms with E-state index in [1.165, 1.54) is 12.1 Å². The molecular formula is C21H23FN4O2. The first-order chi connectivity index (χ1) is 13.5. The predicted molar refractivity (Wildman–Crippen MR) is 107 cm³/mol. The van der Waals surface area contributed by atoms with Gasteiger partial charge < -0.3 is 18.8 Å². The van der Waals surface area contributed by atoms with Gasteiger partial charge in [0, 0.05) is 45.0 Å². The number of carbonyl (C=O) groups is 1. The van der Waals surface area contributed by atoms with Crippen molar-refractivity contribution in [2.24, 2.45) is 0 Å². The molecular weight excluding hydrogens is 359 g/mol. The number of piperazine rings is 1. The third-order valence-electron chi connectivity index (χ3n) is 5.44. The molecule has 4 rings (SSSR count). The van der Waals surface area contributed by atoms with Crippen molar-refractivity contribution < 1.29 is 9.18 Å². The van der Waals surface area contributed by atoms with Gasteiger partial charge in [-0.25, -0.2) is 4.39 Å². The summed E-state index contributed by atoms with van der Waals surface area (Å²) in [6, 6.07) is 7.99. The monoisotopic (exact) mass is 382 g/mol. The molecule has 28 heavy (non-hydrogen) atoms. The van der Waals surface area contributed by atoms with Gasteiger partial charge in [-0.15, -0.1) is 0 Å². The fourth-order valence-corrected chi connectivity index (χ4v) is 3.76. The Hall–Kier alpha value is -3.09. The van der Waals surface area contributed by atoms with Crippen LogP contribution in [0, 0.1) is 5.82 Å². The maximum Gasteiger partial charge on any atom is 0.275 e. The molecule has 1 fully saturated rings. The molecule has 0 radical (unpaired) electrons. The lowest BCUT2D eigenvalue weighted by Crippen LogP contribution is -2.45. The number of nitrogens with zero attached hydrogens (tertiary/aromatic N) is 4. The molecule has 2 aromatic heterocycles. The summed E-state index contributed by atoms with van der Waals surface area (Å²) in [6.07, 6.45) is 2.65. The van der Waals surface area contributed by atoms with Crippen LogP contribution in [0.3, 0.4) is 0 Å². The summed E-state index contributed by atoms with van der Waals surface area (Å²) >= 11 is 0. The largest absolute Gasteiger partial charge is 0.375 e. The van der Waals surface area contributed by atoms with Crippen molar-refractivity contribution in [1.82, 2.24) is 18.8 Å². The summed E-state index contributed by atoms with van der Waals surface area (Å²) < 4.78 is 17.2. The van der Waals surface area contributed by atoms with Gasteiger partial charge in [0.25, 0.3) is 5.56 Å². The summed E-state index contributed by atoms with van der Waals surface area (Å²) in [5.74, 6) is -0.333. The van der Waals surface area contributed by atoms with Gasteiger partial charge >= 0.3 is 0 Å². The molecule has 3 heterocycles. The number of halogens is 1. The molecule has 7 heteroatoms. The Morgan fingerprint density at radius 2 is 2.00 bits per heavy atom. The van der Waals surface area contributed by atoms with Crippen LogP contribution in [0.1, 0.15) is 12.8 Å². The highest BCUT2D eigenvalue weighted by atomic mass is 19.1. The van der Waals surface area contributed by atoms with E-state index in [2.05, 4.69) is 11.5 Å². The van der Waals surface area contributed by atoms with Crippen LogP contribution in [0.2, 0.25) is 0 Å². The molecule has 1 aliphatic heterocycles. The molecule has 0 aliphatic carbocycles. The second-order valence-corrected chi connectivity index (χ2v) is 7.26. The molecule has 1 amide bonds. The number of hydrogen-bond donors (Lipinski definition) is 0. The van der Waals surface area contributed by atoms with Crippen molar-refractivity contribution in [3.8, 4) is 0 Å². The summed E-state index contributed by atoms with van der Waals surface area (Å²) in [5, 5.41) is 0. The fraction of sp³-hybridized carbons (Fsp3) is 0.333. The molecule has 0 unspecified atom stereocenters. The molecule has 6 nitrogen and oxygen atoms in total. The first kappa shape index (κ1) is 18.3. The molecule has 1 aliphatic rings.